The highest BCUT2D eigenvalue weighted by molar-refractivity contribution is 5.91. The third-order valence-corrected chi connectivity index (χ3v) is 2.36. The molecule has 2 aromatic rings. The van der Waals surface area contributed by atoms with Crippen LogP contribution in [0.2, 0.25) is 0 Å². The minimum Gasteiger partial charge on any atom is -0.463 e. The van der Waals surface area contributed by atoms with Crippen LogP contribution in [0.5, 0.6) is 5.75 Å². The van der Waals surface area contributed by atoms with Crippen molar-refractivity contribution in [1.82, 2.24) is 0 Å². The standard InChI is InChI=1S/C14H12F2N2O4/c15-14(16)22-11-5-3-10(4-6-11)18-13(19)9-21-17-8-12-2-1-7-20-12/h1-8,14H,9H2,(H,18,19)/b17-8+. The van der Waals surface area contributed by atoms with E-state index in [1.807, 2.05) is 0 Å². The number of halogens is 2. The molecule has 0 saturated carbocycles. The molecular weight excluding hydrogens is 298 g/mol. The molecule has 0 unspecified atom stereocenters. The zero-order valence-electron chi connectivity index (χ0n) is 11.2. The summed E-state index contributed by atoms with van der Waals surface area (Å²) in [6, 6.07) is 8.87. The van der Waals surface area contributed by atoms with Crippen molar-refractivity contribution in [2.45, 2.75) is 6.61 Å². The van der Waals surface area contributed by atoms with Gasteiger partial charge in [-0.25, -0.2) is 0 Å². The molecular formula is C14H12F2N2O4. The Bertz CT molecular complexity index is 612. The van der Waals surface area contributed by atoms with Crippen molar-refractivity contribution in [3.05, 3.63) is 48.4 Å². The molecule has 116 valence electrons. The second-order valence-electron chi connectivity index (χ2n) is 3.97. The molecule has 0 bridgehead atoms. The lowest BCUT2D eigenvalue weighted by Gasteiger charge is -2.07. The summed E-state index contributed by atoms with van der Waals surface area (Å²) in [6.45, 7) is -3.19. The molecule has 0 atom stereocenters. The topological polar surface area (TPSA) is 73.1 Å². The molecule has 0 aliphatic carbocycles. The number of furan rings is 1. The monoisotopic (exact) mass is 310 g/mol. The molecule has 0 radical (unpaired) electrons. The van der Waals surface area contributed by atoms with Gasteiger partial charge in [-0.1, -0.05) is 5.16 Å². The van der Waals surface area contributed by atoms with Crippen LogP contribution in [0.15, 0.2) is 52.2 Å². The van der Waals surface area contributed by atoms with Crippen molar-refractivity contribution in [2.24, 2.45) is 5.16 Å². The van der Waals surface area contributed by atoms with E-state index < -0.39 is 12.5 Å². The molecule has 1 aromatic carbocycles. The molecule has 22 heavy (non-hydrogen) atoms. The van der Waals surface area contributed by atoms with Gasteiger partial charge in [0, 0.05) is 5.69 Å². The average molecular weight is 310 g/mol. The van der Waals surface area contributed by atoms with E-state index in [4.69, 9.17) is 9.25 Å². The van der Waals surface area contributed by atoms with E-state index in [2.05, 4.69) is 15.2 Å². The lowest BCUT2D eigenvalue weighted by Crippen LogP contribution is -2.16. The quantitative estimate of drug-likeness (QED) is 0.630. The van der Waals surface area contributed by atoms with Crippen LogP contribution in [-0.2, 0) is 9.63 Å². The molecule has 1 amide bonds. The van der Waals surface area contributed by atoms with Crippen LogP contribution in [0.25, 0.3) is 0 Å². The first-order valence-corrected chi connectivity index (χ1v) is 6.17. The number of ether oxygens (including phenoxy) is 1. The van der Waals surface area contributed by atoms with Crippen LogP contribution in [0.4, 0.5) is 14.5 Å². The van der Waals surface area contributed by atoms with E-state index in [-0.39, 0.29) is 12.4 Å². The number of anilines is 1. The van der Waals surface area contributed by atoms with Crippen molar-refractivity contribution in [1.29, 1.82) is 0 Å². The minimum atomic E-state index is -2.89. The van der Waals surface area contributed by atoms with Crippen molar-refractivity contribution in [2.75, 3.05) is 11.9 Å². The maximum atomic E-state index is 12.0. The number of nitrogens with one attached hydrogen (secondary N) is 1. The Morgan fingerprint density at radius 2 is 2.09 bits per heavy atom. The maximum absolute atomic E-state index is 12.0. The van der Waals surface area contributed by atoms with Crippen LogP contribution < -0.4 is 10.1 Å². The fourth-order valence-corrected chi connectivity index (χ4v) is 1.47. The van der Waals surface area contributed by atoms with Gasteiger partial charge in [0.05, 0.1) is 6.26 Å². The Kier molecular flexibility index (Phi) is 5.47. The van der Waals surface area contributed by atoms with Crippen LogP contribution in [0.1, 0.15) is 5.76 Å². The van der Waals surface area contributed by atoms with Crippen molar-refractivity contribution < 1.29 is 27.6 Å². The SMILES string of the molecule is O=C(CO/N=C/c1ccco1)Nc1ccc(OC(F)F)cc1. The highest BCUT2D eigenvalue weighted by Gasteiger charge is 2.05. The number of rotatable bonds is 7. The summed E-state index contributed by atoms with van der Waals surface area (Å²) in [4.78, 5) is 16.3. The molecule has 8 heteroatoms. The Labute approximate surface area is 124 Å². The first-order chi connectivity index (χ1) is 10.6. The largest absolute Gasteiger partial charge is 0.463 e. The van der Waals surface area contributed by atoms with Crippen molar-refractivity contribution in [3.8, 4) is 5.75 Å². The summed E-state index contributed by atoms with van der Waals surface area (Å²) in [6.07, 6.45) is 2.80. The second kappa shape index (κ2) is 7.77. The van der Waals surface area contributed by atoms with Crippen LogP contribution >= 0.6 is 0 Å². The van der Waals surface area contributed by atoms with Crippen LogP contribution in [-0.4, -0.2) is 25.3 Å². The van der Waals surface area contributed by atoms with Gasteiger partial charge in [0.15, 0.2) is 6.61 Å². The summed E-state index contributed by atoms with van der Waals surface area (Å²) in [5, 5.41) is 6.07. The van der Waals surface area contributed by atoms with Gasteiger partial charge in [0.2, 0.25) is 0 Å². The van der Waals surface area contributed by atoms with Crippen LogP contribution in [0, 0.1) is 0 Å². The van der Waals surface area contributed by atoms with E-state index in [1.54, 1.807) is 12.1 Å². The Hall–Kier alpha value is -2.90. The van der Waals surface area contributed by atoms with E-state index in [0.717, 1.165) is 0 Å². The number of oxime groups is 1. The zero-order chi connectivity index (χ0) is 15.8. The molecule has 1 N–H and O–H groups in total. The number of benzene rings is 1. The van der Waals surface area contributed by atoms with Gasteiger partial charge in [-0.15, -0.1) is 0 Å². The van der Waals surface area contributed by atoms with Gasteiger partial charge in [0.1, 0.15) is 17.7 Å². The van der Waals surface area contributed by atoms with E-state index in [1.165, 1.54) is 36.7 Å². The van der Waals surface area contributed by atoms with Gasteiger partial charge >= 0.3 is 6.61 Å². The maximum Gasteiger partial charge on any atom is 0.387 e. The van der Waals surface area contributed by atoms with Gasteiger partial charge in [-0.3, -0.25) is 4.79 Å². The molecule has 0 fully saturated rings. The van der Waals surface area contributed by atoms with Gasteiger partial charge in [-0.2, -0.15) is 8.78 Å². The van der Waals surface area contributed by atoms with E-state index >= 15 is 0 Å². The molecule has 6 nitrogen and oxygen atoms in total. The number of hydrogen-bond acceptors (Lipinski definition) is 5. The summed E-state index contributed by atoms with van der Waals surface area (Å²) in [7, 11) is 0. The summed E-state index contributed by atoms with van der Waals surface area (Å²) in [5.74, 6) is 0.0569. The number of nitrogens with zero attached hydrogens (tertiary/aromatic N) is 1. The second-order valence-corrected chi connectivity index (χ2v) is 3.97. The number of hydrogen-bond donors (Lipinski definition) is 1. The summed E-state index contributed by atoms with van der Waals surface area (Å²) in [5.41, 5.74) is 0.422. The average Bonchev–Trinajstić information content (AvgIpc) is 2.98. The first-order valence-electron chi connectivity index (χ1n) is 6.17. The van der Waals surface area contributed by atoms with E-state index in [9.17, 15) is 13.6 Å². The molecule has 1 heterocycles. The van der Waals surface area contributed by atoms with Crippen LogP contribution in [0.3, 0.4) is 0 Å². The normalized spacial score (nSPS) is 10.9. The van der Waals surface area contributed by atoms with Crippen molar-refractivity contribution >= 4 is 17.8 Å². The molecule has 0 spiro atoms. The Morgan fingerprint density at radius 3 is 2.73 bits per heavy atom. The molecule has 0 aliphatic heterocycles. The molecule has 0 aliphatic rings. The molecule has 0 saturated heterocycles. The zero-order valence-corrected chi connectivity index (χ0v) is 11.2. The van der Waals surface area contributed by atoms with Crippen molar-refractivity contribution in [3.63, 3.8) is 0 Å². The highest BCUT2D eigenvalue weighted by Crippen LogP contribution is 2.17. The summed E-state index contributed by atoms with van der Waals surface area (Å²) >= 11 is 0. The van der Waals surface area contributed by atoms with Gasteiger partial charge in [0.25, 0.3) is 5.91 Å². The molecule has 1 aromatic heterocycles. The third kappa shape index (κ3) is 5.23. The Balaban J connectivity index is 1.74. The number of carbonyl (C=O) groups excluding carboxylic acids is 1. The highest BCUT2D eigenvalue weighted by atomic mass is 19.3. The minimum absolute atomic E-state index is 0.00676. The number of amides is 1. The number of alkyl halides is 2. The summed E-state index contributed by atoms with van der Waals surface area (Å²) < 4.78 is 33.1. The van der Waals surface area contributed by atoms with Gasteiger partial charge in [-0.05, 0) is 36.4 Å². The predicted molar refractivity (Wildman–Crippen MR) is 74.0 cm³/mol. The lowest BCUT2D eigenvalue weighted by atomic mass is 10.3. The van der Waals surface area contributed by atoms with Gasteiger partial charge < -0.3 is 19.3 Å². The number of carbonyl (C=O) groups is 1. The fourth-order valence-electron chi connectivity index (χ4n) is 1.47. The van der Waals surface area contributed by atoms with E-state index in [0.29, 0.717) is 11.4 Å². The fraction of sp³-hybridized carbons (Fsp3) is 0.143. The smallest absolute Gasteiger partial charge is 0.387 e. The lowest BCUT2D eigenvalue weighted by molar-refractivity contribution is -0.120. The first kappa shape index (κ1) is 15.5. The third-order valence-electron chi connectivity index (χ3n) is 2.36. The molecule has 2 rings (SSSR count). The Morgan fingerprint density at radius 1 is 1.32 bits per heavy atom. The predicted octanol–water partition coefficient (Wildman–Crippen LogP) is 2.87.